The van der Waals surface area contributed by atoms with Gasteiger partial charge < -0.3 is 0 Å². The van der Waals surface area contributed by atoms with Gasteiger partial charge in [-0.1, -0.05) is 25.0 Å². The SMILES string of the molecule is c1cc[n+](CCCCCCc2ccc(-c3ccc(-c4ccc(-c5ccc(-c6ccc(-c7ccc(CCCCCC[n+]8ccccc8)s7)s6)s5)s4)s3)s2)cc1. The Bertz CT molecular complexity index is 2150. The van der Waals surface area contributed by atoms with Crippen LogP contribution in [0.3, 0.4) is 0 Å². The third kappa shape index (κ3) is 10.0. The number of pyridine rings is 2. The van der Waals surface area contributed by atoms with Crippen LogP contribution in [0.4, 0.5) is 0 Å². The zero-order chi connectivity index (χ0) is 36.4. The van der Waals surface area contributed by atoms with E-state index in [0.717, 1.165) is 13.1 Å². The van der Waals surface area contributed by atoms with Gasteiger partial charge in [-0.25, -0.2) is 9.13 Å². The van der Waals surface area contributed by atoms with Crippen molar-refractivity contribution in [3.8, 4) is 48.8 Å². The van der Waals surface area contributed by atoms with Crippen LogP contribution < -0.4 is 9.13 Å². The zero-order valence-corrected chi connectivity index (χ0v) is 35.4. The van der Waals surface area contributed by atoms with Crippen LogP contribution in [0.25, 0.3) is 48.8 Å². The van der Waals surface area contributed by atoms with Crippen molar-refractivity contribution in [3.05, 3.63) is 144 Å². The van der Waals surface area contributed by atoms with E-state index in [9.17, 15) is 0 Å². The Balaban J connectivity index is 0.800. The van der Waals surface area contributed by atoms with Crippen LogP contribution in [0.2, 0.25) is 0 Å². The second-order valence-electron chi connectivity index (χ2n) is 13.7. The normalized spacial score (nSPS) is 11.5. The van der Waals surface area contributed by atoms with Gasteiger partial charge in [0.05, 0.1) is 0 Å². The van der Waals surface area contributed by atoms with Gasteiger partial charge in [0.15, 0.2) is 24.8 Å². The van der Waals surface area contributed by atoms with E-state index in [1.165, 1.54) is 123 Å². The lowest BCUT2D eigenvalue weighted by Gasteiger charge is -1.99. The Morgan fingerprint density at radius 2 is 0.556 bits per heavy atom. The predicted molar refractivity (Wildman–Crippen MR) is 239 cm³/mol. The van der Waals surface area contributed by atoms with Crippen molar-refractivity contribution >= 4 is 68.0 Å². The lowest BCUT2D eigenvalue weighted by atomic mass is 10.1. The molecule has 0 saturated heterocycles. The summed E-state index contributed by atoms with van der Waals surface area (Å²) in [4.78, 5) is 16.8. The lowest BCUT2D eigenvalue weighted by molar-refractivity contribution is -0.697. The number of aromatic nitrogens is 2. The summed E-state index contributed by atoms with van der Waals surface area (Å²) in [6.45, 7) is 2.24. The first-order valence-electron chi connectivity index (χ1n) is 19.2. The van der Waals surface area contributed by atoms with Crippen LogP contribution in [0.5, 0.6) is 0 Å². The molecule has 0 spiro atoms. The van der Waals surface area contributed by atoms with Crippen LogP contribution in [0.15, 0.2) is 134 Å². The molecule has 274 valence electrons. The number of aryl methyl sites for hydroxylation is 4. The van der Waals surface area contributed by atoms with E-state index in [-0.39, 0.29) is 0 Å². The highest BCUT2D eigenvalue weighted by Crippen LogP contribution is 2.46. The van der Waals surface area contributed by atoms with Gasteiger partial charge in [-0.05, 0) is 111 Å². The van der Waals surface area contributed by atoms with Crippen molar-refractivity contribution < 1.29 is 9.13 Å². The minimum absolute atomic E-state index is 1.12. The van der Waals surface area contributed by atoms with Gasteiger partial charge in [-0.15, -0.1) is 68.0 Å². The summed E-state index contributed by atoms with van der Waals surface area (Å²) in [5.74, 6) is 0. The Morgan fingerprint density at radius 1 is 0.278 bits per heavy atom. The predicted octanol–water partition coefficient (Wildman–Crippen LogP) is 14.6. The highest BCUT2D eigenvalue weighted by molar-refractivity contribution is 7.30. The number of unbranched alkanes of at least 4 members (excludes halogenated alkanes) is 6. The first kappa shape index (κ1) is 37.4. The number of hydrogen-bond donors (Lipinski definition) is 0. The van der Waals surface area contributed by atoms with Crippen molar-refractivity contribution in [1.29, 1.82) is 0 Å². The van der Waals surface area contributed by atoms with Crippen molar-refractivity contribution in [3.63, 3.8) is 0 Å². The molecule has 0 aliphatic heterocycles. The number of hydrogen-bond acceptors (Lipinski definition) is 6. The zero-order valence-electron chi connectivity index (χ0n) is 30.5. The average Bonchev–Trinajstić information content (AvgIpc) is 4.06. The fraction of sp³-hybridized carbons (Fsp3) is 0.261. The number of rotatable bonds is 19. The van der Waals surface area contributed by atoms with Gasteiger partial charge in [0.1, 0.15) is 13.1 Å². The molecule has 0 fully saturated rings. The molecule has 0 aromatic carbocycles. The molecule has 0 aliphatic rings. The molecule has 2 nitrogen and oxygen atoms in total. The monoisotopic (exact) mass is 818 g/mol. The fourth-order valence-corrected chi connectivity index (χ4v) is 13.3. The van der Waals surface area contributed by atoms with Crippen molar-refractivity contribution in [1.82, 2.24) is 0 Å². The van der Waals surface area contributed by atoms with E-state index in [1.807, 2.05) is 68.0 Å². The van der Waals surface area contributed by atoms with Gasteiger partial charge in [-0.3, -0.25) is 0 Å². The first-order valence-corrected chi connectivity index (χ1v) is 24.1. The third-order valence-corrected chi connectivity index (χ3v) is 17.3. The molecule has 0 saturated carbocycles. The van der Waals surface area contributed by atoms with Crippen LogP contribution in [-0.4, -0.2) is 0 Å². The van der Waals surface area contributed by atoms with E-state index in [0.29, 0.717) is 0 Å². The Kier molecular flexibility index (Phi) is 13.1. The molecular weight excluding hydrogens is 773 g/mol. The smallest absolute Gasteiger partial charge is 0.168 e. The van der Waals surface area contributed by atoms with Gasteiger partial charge in [0.25, 0.3) is 0 Å². The first-order chi connectivity index (χ1) is 26.7. The van der Waals surface area contributed by atoms with E-state index >= 15 is 0 Å². The molecule has 0 radical (unpaired) electrons. The van der Waals surface area contributed by atoms with Gasteiger partial charge in [-0.2, -0.15) is 0 Å². The van der Waals surface area contributed by atoms with E-state index in [4.69, 9.17) is 0 Å². The maximum atomic E-state index is 2.35. The van der Waals surface area contributed by atoms with Gasteiger partial charge >= 0.3 is 0 Å². The van der Waals surface area contributed by atoms with Crippen LogP contribution >= 0.6 is 68.0 Å². The maximum absolute atomic E-state index is 2.35. The summed E-state index contributed by atoms with van der Waals surface area (Å²) < 4.78 is 4.57. The second-order valence-corrected chi connectivity index (χ2v) is 20.4. The van der Waals surface area contributed by atoms with Gasteiger partial charge in [0.2, 0.25) is 0 Å². The molecule has 0 aliphatic carbocycles. The summed E-state index contributed by atoms with van der Waals surface area (Å²) >= 11 is 11.6. The summed E-state index contributed by atoms with van der Waals surface area (Å²) in [5, 5.41) is 0. The van der Waals surface area contributed by atoms with E-state index < -0.39 is 0 Å². The minimum atomic E-state index is 1.12. The number of nitrogens with zero attached hydrogens (tertiary/aromatic N) is 2. The molecule has 8 heterocycles. The Labute approximate surface area is 344 Å². The topological polar surface area (TPSA) is 7.76 Å². The van der Waals surface area contributed by atoms with Gasteiger partial charge in [0, 0.05) is 95.6 Å². The molecule has 8 heteroatoms. The minimum Gasteiger partial charge on any atom is -0.205 e. The molecular formula is C46H46N2S6+2. The van der Waals surface area contributed by atoms with Crippen LogP contribution in [0.1, 0.15) is 61.1 Å². The molecule has 0 amide bonds. The second kappa shape index (κ2) is 18.9. The highest BCUT2D eigenvalue weighted by atomic mass is 32.1. The number of thiophene rings is 6. The third-order valence-electron chi connectivity index (χ3n) is 9.70. The highest BCUT2D eigenvalue weighted by Gasteiger charge is 2.14. The molecule has 8 rings (SSSR count). The van der Waals surface area contributed by atoms with Crippen LogP contribution in [-0.2, 0) is 25.9 Å². The molecule has 0 N–H and O–H groups in total. The Hall–Kier alpha value is -3.50. The van der Waals surface area contributed by atoms with E-state index in [1.54, 1.807) is 0 Å². The molecule has 54 heavy (non-hydrogen) atoms. The van der Waals surface area contributed by atoms with E-state index in [2.05, 4.69) is 143 Å². The van der Waals surface area contributed by atoms with Crippen molar-refractivity contribution in [2.45, 2.75) is 77.3 Å². The lowest BCUT2D eigenvalue weighted by Crippen LogP contribution is -2.32. The molecule has 0 atom stereocenters. The summed E-state index contributed by atoms with van der Waals surface area (Å²) in [7, 11) is 0. The standard InChI is InChI=1S/C46H46N2S6/c1(3-9-29-47-31-11-5-12-32-47)7-15-35-17-19-37(49-35)39-21-23-41(51-39)43-25-27-45(53-43)46-28-26-44(54-46)42-24-22-40(52-42)38-20-18-36(50-38)16-8-2-4-10-30-48-33-13-6-14-34-48/h5-6,11-14,17-28,31-34H,1-4,7-10,15-16,29-30H2/q+2. The summed E-state index contributed by atoms with van der Waals surface area (Å²) in [5.41, 5.74) is 0. The quantitative estimate of drug-likeness (QED) is 0.0567. The molecule has 0 bridgehead atoms. The average molecular weight is 819 g/mol. The Morgan fingerprint density at radius 3 is 0.889 bits per heavy atom. The largest absolute Gasteiger partial charge is 0.205 e. The molecule has 8 aromatic heterocycles. The summed E-state index contributed by atoms with van der Waals surface area (Å²) in [6.07, 6.45) is 21.3. The van der Waals surface area contributed by atoms with Crippen LogP contribution in [0, 0.1) is 0 Å². The maximum Gasteiger partial charge on any atom is 0.168 e. The molecule has 8 aromatic rings. The fourth-order valence-electron chi connectivity index (χ4n) is 6.76. The molecule has 0 unspecified atom stereocenters. The summed E-state index contributed by atoms with van der Waals surface area (Å²) in [6, 6.07) is 40.5. The van der Waals surface area contributed by atoms with Crippen molar-refractivity contribution in [2.24, 2.45) is 0 Å². The van der Waals surface area contributed by atoms with Crippen molar-refractivity contribution in [2.75, 3.05) is 0 Å².